The molecule has 5 heteroatoms. The van der Waals surface area contributed by atoms with Gasteiger partial charge in [0, 0.05) is 36.9 Å². The fourth-order valence-electron chi connectivity index (χ4n) is 3.49. The lowest BCUT2D eigenvalue weighted by Gasteiger charge is -2.16. The number of benzene rings is 1. The third kappa shape index (κ3) is 3.72. The predicted octanol–water partition coefficient (Wildman–Crippen LogP) is 2.86. The Balaban J connectivity index is 1.38. The van der Waals surface area contributed by atoms with Crippen molar-refractivity contribution >= 4 is 16.7 Å². The summed E-state index contributed by atoms with van der Waals surface area (Å²) >= 11 is 0. The molecule has 3 heterocycles. The lowest BCUT2D eigenvalue weighted by atomic mass is 10.1. The van der Waals surface area contributed by atoms with E-state index in [0.717, 1.165) is 48.3 Å². The molecular weight excluding hydrogens is 312 g/mol. The summed E-state index contributed by atoms with van der Waals surface area (Å²) in [6.07, 6.45) is 2.95. The number of aromatic nitrogens is 2. The predicted molar refractivity (Wildman–Crippen MR) is 101 cm³/mol. The minimum atomic E-state index is 0.0220. The highest BCUT2D eigenvalue weighted by Crippen LogP contribution is 2.19. The zero-order chi connectivity index (χ0) is 17.1. The van der Waals surface area contributed by atoms with Crippen molar-refractivity contribution in [1.29, 1.82) is 0 Å². The first-order chi connectivity index (χ1) is 12.3. The third-order valence-electron chi connectivity index (χ3n) is 4.83. The first-order valence-electron chi connectivity index (χ1n) is 8.76. The van der Waals surface area contributed by atoms with E-state index in [4.69, 9.17) is 0 Å². The molecule has 0 saturated carbocycles. The average Bonchev–Trinajstić information content (AvgIpc) is 3.09. The Morgan fingerprint density at radius 1 is 1.20 bits per heavy atom. The van der Waals surface area contributed by atoms with Crippen molar-refractivity contribution in [1.82, 2.24) is 14.9 Å². The van der Waals surface area contributed by atoms with Crippen molar-refractivity contribution in [3.63, 3.8) is 0 Å². The van der Waals surface area contributed by atoms with Crippen LogP contribution in [0.2, 0.25) is 0 Å². The van der Waals surface area contributed by atoms with Crippen LogP contribution in [0.25, 0.3) is 10.9 Å². The van der Waals surface area contributed by atoms with Gasteiger partial charge >= 0.3 is 0 Å². The van der Waals surface area contributed by atoms with Gasteiger partial charge in [0.25, 0.3) is 5.56 Å². The monoisotopic (exact) mass is 334 g/mol. The first-order valence-corrected chi connectivity index (χ1v) is 8.76. The Morgan fingerprint density at radius 3 is 2.96 bits per heavy atom. The molecule has 0 bridgehead atoms. The highest BCUT2D eigenvalue weighted by atomic mass is 16.1. The molecule has 1 aliphatic rings. The summed E-state index contributed by atoms with van der Waals surface area (Å²) in [5.41, 5.74) is 1.76. The lowest BCUT2D eigenvalue weighted by Crippen LogP contribution is -2.26. The maximum absolute atomic E-state index is 12.3. The second-order valence-electron chi connectivity index (χ2n) is 6.70. The Hall–Kier alpha value is -2.66. The summed E-state index contributed by atoms with van der Waals surface area (Å²) in [4.78, 5) is 22.0. The van der Waals surface area contributed by atoms with Crippen molar-refractivity contribution < 1.29 is 0 Å². The molecule has 1 aromatic carbocycles. The molecule has 1 atom stereocenters. The number of nitrogens with one attached hydrogen (secondary N) is 2. The maximum atomic E-state index is 12.3. The summed E-state index contributed by atoms with van der Waals surface area (Å²) in [5.74, 6) is 1.51. The van der Waals surface area contributed by atoms with Gasteiger partial charge in [-0.3, -0.25) is 9.69 Å². The van der Waals surface area contributed by atoms with Crippen molar-refractivity contribution in [2.24, 2.45) is 5.92 Å². The molecule has 2 aromatic heterocycles. The van der Waals surface area contributed by atoms with E-state index in [2.05, 4.69) is 20.2 Å². The fraction of sp³-hybridized carbons (Fsp3) is 0.300. The van der Waals surface area contributed by atoms with Crippen LogP contribution in [0.15, 0.2) is 59.5 Å². The second-order valence-corrected chi connectivity index (χ2v) is 6.70. The van der Waals surface area contributed by atoms with E-state index in [1.807, 2.05) is 48.5 Å². The number of H-pyrrole nitrogens is 1. The van der Waals surface area contributed by atoms with Crippen LogP contribution in [0, 0.1) is 5.92 Å². The molecule has 1 saturated heterocycles. The van der Waals surface area contributed by atoms with E-state index in [9.17, 15) is 4.79 Å². The number of fused-ring (bicyclic) bond motifs is 1. The van der Waals surface area contributed by atoms with Crippen LogP contribution in [-0.2, 0) is 6.54 Å². The molecule has 128 valence electrons. The molecule has 4 rings (SSSR count). The zero-order valence-electron chi connectivity index (χ0n) is 14.1. The van der Waals surface area contributed by atoms with Gasteiger partial charge < -0.3 is 10.3 Å². The summed E-state index contributed by atoms with van der Waals surface area (Å²) in [6.45, 7) is 3.66. The van der Waals surface area contributed by atoms with Crippen LogP contribution < -0.4 is 10.9 Å². The average molecular weight is 334 g/mol. The number of para-hydroxylation sites is 1. The molecular formula is C20H22N4O. The Kier molecular flexibility index (Phi) is 4.48. The van der Waals surface area contributed by atoms with Gasteiger partial charge in [0.05, 0.1) is 0 Å². The molecule has 1 aliphatic heterocycles. The fourth-order valence-corrected chi connectivity index (χ4v) is 3.49. The normalized spacial score (nSPS) is 17.8. The van der Waals surface area contributed by atoms with Gasteiger partial charge in [0.15, 0.2) is 0 Å². The van der Waals surface area contributed by atoms with E-state index in [1.165, 1.54) is 0 Å². The number of hydrogen-bond acceptors (Lipinski definition) is 4. The minimum absolute atomic E-state index is 0.0220. The van der Waals surface area contributed by atoms with Crippen LogP contribution in [0.4, 0.5) is 5.82 Å². The molecule has 0 radical (unpaired) electrons. The molecule has 1 fully saturated rings. The number of hydrogen-bond donors (Lipinski definition) is 2. The van der Waals surface area contributed by atoms with Gasteiger partial charge in [0.2, 0.25) is 0 Å². The Labute approximate surface area is 146 Å². The molecule has 0 unspecified atom stereocenters. The van der Waals surface area contributed by atoms with E-state index in [0.29, 0.717) is 12.5 Å². The van der Waals surface area contributed by atoms with E-state index >= 15 is 0 Å². The quantitative estimate of drug-likeness (QED) is 0.753. The molecule has 25 heavy (non-hydrogen) atoms. The molecule has 0 amide bonds. The summed E-state index contributed by atoms with van der Waals surface area (Å²) < 4.78 is 0. The van der Waals surface area contributed by atoms with E-state index in [1.54, 1.807) is 6.20 Å². The number of anilines is 1. The summed E-state index contributed by atoms with van der Waals surface area (Å²) in [7, 11) is 0. The highest BCUT2D eigenvalue weighted by molar-refractivity contribution is 5.78. The van der Waals surface area contributed by atoms with Gasteiger partial charge in [-0.05, 0) is 48.5 Å². The van der Waals surface area contributed by atoms with Crippen LogP contribution in [-0.4, -0.2) is 34.5 Å². The van der Waals surface area contributed by atoms with Crippen LogP contribution in [0.5, 0.6) is 0 Å². The summed E-state index contributed by atoms with van der Waals surface area (Å²) in [5, 5.41) is 4.49. The van der Waals surface area contributed by atoms with Crippen LogP contribution in [0.3, 0.4) is 0 Å². The number of aromatic amines is 1. The van der Waals surface area contributed by atoms with Gasteiger partial charge in [-0.1, -0.05) is 24.3 Å². The van der Waals surface area contributed by atoms with Gasteiger partial charge in [-0.2, -0.15) is 0 Å². The number of rotatable bonds is 5. The minimum Gasteiger partial charge on any atom is -0.370 e. The molecule has 0 aliphatic carbocycles. The topological polar surface area (TPSA) is 61.0 Å². The van der Waals surface area contributed by atoms with Gasteiger partial charge in [-0.15, -0.1) is 0 Å². The smallest absolute Gasteiger partial charge is 0.252 e. The van der Waals surface area contributed by atoms with Crippen LogP contribution in [0.1, 0.15) is 12.0 Å². The third-order valence-corrected chi connectivity index (χ3v) is 4.83. The van der Waals surface area contributed by atoms with Crippen LogP contribution >= 0.6 is 0 Å². The number of pyridine rings is 2. The standard InChI is InChI=1S/C20H22N4O/c25-20-17(11-16-5-1-2-6-18(16)23-20)14-24-10-8-15(13-24)12-22-19-7-3-4-9-21-19/h1-7,9,11,15H,8,10,12-14H2,(H,21,22)(H,23,25)/t15-/m1/s1. The Morgan fingerprint density at radius 2 is 2.08 bits per heavy atom. The maximum Gasteiger partial charge on any atom is 0.252 e. The zero-order valence-corrected chi connectivity index (χ0v) is 14.1. The Bertz CT molecular complexity index is 906. The van der Waals surface area contributed by atoms with Crippen molar-refractivity contribution in [2.45, 2.75) is 13.0 Å². The largest absolute Gasteiger partial charge is 0.370 e. The van der Waals surface area contributed by atoms with E-state index in [-0.39, 0.29) is 5.56 Å². The first kappa shape index (κ1) is 15.8. The molecule has 3 aromatic rings. The van der Waals surface area contributed by atoms with E-state index < -0.39 is 0 Å². The van der Waals surface area contributed by atoms with Gasteiger partial charge in [0.1, 0.15) is 5.82 Å². The highest BCUT2D eigenvalue weighted by Gasteiger charge is 2.23. The lowest BCUT2D eigenvalue weighted by molar-refractivity contribution is 0.317. The van der Waals surface area contributed by atoms with Crippen molar-refractivity contribution in [3.8, 4) is 0 Å². The number of likely N-dealkylation sites (tertiary alicyclic amines) is 1. The molecule has 2 N–H and O–H groups in total. The van der Waals surface area contributed by atoms with Gasteiger partial charge in [-0.25, -0.2) is 4.98 Å². The molecule has 0 spiro atoms. The SMILES string of the molecule is O=c1[nH]c2ccccc2cc1CN1CC[C@H](CNc2ccccn2)C1. The molecule has 5 nitrogen and oxygen atoms in total. The van der Waals surface area contributed by atoms with Crippen molar-refractivity contribution in [2.75, 3.05) is 25.0 Å². The van der Waals surface area contributed by atoms with Crippen molar-refractivity contribution in [3.05, 3.63) is 70.6 Å². The summed E-state index contributed by atoms with van der Waals surface area (Å²) in [6, 6.07) is 15.8. The number of nitrogens with zero attached hydrogens (tertiary/aromatic N) is 2. The second kappa shape index (κ2) is 7.07.